The molecular formula is C21H30O4. The van der Waals surface area contributed by atoms with Crippen LogP contribution in [0.3, 0.4) is 0 Å². The quantitative estimate of drug-likeness (QED) is 0.778. The molecule has 4 heteroatoms. The Bertz CT molecular complexity index is 623. The summed E-state index contributed by atoms with van der Waals surface area (Å²) in [6.07, 6.45) is 9.27. The topological polar surface area (TPSA) is 63.6 Å². The zero-order chi connectivity index (χ0) is 17.8. The van der Waals surface area contributed by atoms with Crippen molar-refractivity contribution in [1.29, 1.82) is 0 Å². The van der Waals surface area contributed by atoms with E-state index in [0.717, 1.165) is 44.9 Å². The zero-order valence-corrected chi connectivity index (χ0v) is 15.4. The molecule has 0 aromatic rings. The van der Waals surface area contributed by atoms with Crippen molar-refractivity contribution < 1.29 is 19.4 Å². The van der Waals surface area contributed by atoms with Crippen LogP contribution in [0.1, 0.15) is 65.2 Å². The van der Waals surface area contributed by atoms with E-state index in [1.807, 2.05) is 6.08 Å². The predicted molar refractivity (Wildman–Crippen MR) is 93.7 cm³/mol. The summed E-state index contributed by atoms with van der Waals surface area (Å²) in [6.45, 7) is 4.17. The molecule has 0 bridgehead atoms. The van der Waals surface area contributed by atoms with Crippen molar-refractivity contribution in [2.45, 2.75) is 71.3 Å². The van der Waals surface area contributed by atoms with Crippen molar-refractivity contribution in [3.8, 4) is 0 Å². The number of ether oxygens (including phenoxy) is 1. The maximum absolute atomic E-state index is 12.0. The van der Waals surface area contributed by atoms with Crippen molar-refractivity contribution in [2.24, 2.45) is 28.6 Å². The molecule has 6 unspecified atom stereocenters. The third-order valence-corrected chi connectivity index (χ3v) is 8.17. The number of hydrogen-bond donors (Lipinski definition) is 1. The number of ketones is 1. The Balaban J connectivity index is 1.69. The molecule has 0 aromatic heterocycles. The summed E-state index contributed by atoms with van der Waals surface area (Å²) in [5.41, 5.74) is 1.14. The van der Waals surface area contributed by atoms with E-state index in [2.05, 4.69) is 6.92 Å². The fourth-order valence-electron chi connectivity index (χ4n) is 6.83. The van der Waals surface area contributed by atoms with Gasteiger partial charge >= 0.3 is 5.97 Å². The van der Waals surface area contributed by atoms with Crippen molar-refractivity contribution in [3.63, 3.8) is 0 Å². The fourth-order valence-corrected chi connectivity index (χ4v) is 6.83. The third kappa shape index (κ3) is 2.51. The van der Waals surface area contributed by atoms with Gasteiger partial charge in [0, 0.05) is 18.8 Å². The summed E-state index contributed by atoms with van der Waals surface area (Å²) < 4.78 is 5.54. The molecule has 6 atom stereocenters. The second-order valence-corrected chi connectivity index (χ2v) is 9.13. The van der Waals surface area contributed by atoms with Crippen LogP contribution in [0.15, 0.2) is 11.6 Å². The number of aliphatic hydroxyl groups is 1. The third-order valence-electron chi connectivity index (χ3n) is 8.17. The largest absolute Gasteiger partial charge is 0.465 e. The monoisotopic (exact) mass is 346 g/mol. The molecule has 0 spiro atoms. The van der Waals surface area contributed by atoms with Crippen LogP contribution in [0, 0.1) is 28.6 Å². The van der Waals surface area contributed by atoms with Crippen LogP contribution in [0.5, 0.6) is 0 Å². The first-order valence-corrected chi connectivity index (χ1v) is 9.92. The normalized spacial score (nSPS) is 45.9. The van der Waals surface area contributed by atoms with Gasteiger partial charge in [0.1, 0.15) is 6.61 Å². The molecule has 4 rings (SSSR count). The predicted octanol–water partition coefficient (Wildman–Crippen LogP) is 3.42. The number of carbonyl (C=O) groups excluding carboxylic acids is 2. The smallest absolute Gasteiger partial charge is 0.302 e. The van der Waals surface area contributed by atoms with Gasteiger partial charge in [0.05, 0.1) is 6.10 Å². The average molecular weight is 346 g/mol. The van der Waals surface area contributed by atoms with Gasteiger partial charge in [-0.25, -0.2) is 0 Å². The molecule has 0 aromatic carbocycles. The highest BCUT2D eigenvalue weighted by Crippen LogP contribution is 2.65. The van der Waals surface area contributed by atoms with Crippen molar-refractivity contribution in [1.82, 2.24) is 0 Å². The van der Waals surface area contributed by atoms with Gasteiger partial charge in [-0.05, 0) is 74.2 Å². The minimum Gasteiger partial charge on any atom is -0.465 e. The maximum Gasteiger partial charge on any atom is 0.302 e. The first-order chi connectivity index (χ1) is 11.9. The van der Waals surface area contributed by atoms with Crippen LogP contribution in [-0.2, 0) is 14.3 Å². The summed E-state index contributed by atoms with van der Waals surface area (Å²) in [7, 11) is 0. The van der Waals surface area contributed by atoms with Crippen LogP contribution in [0.25, 0.3) is 0 Å². The Morgan fingerprint density at radius 1 is 1.20 bits per heavy atom. The average Bonchev–Trinajstić information content (AvgIpc) is 2.88. The van der Waals surface area contributed by atoms with E-state index < -0.39 is 0 Å². The van der Waals surface area contributed by atoms with Gasteiger partial charge in [-0.2, -0.15) is 0 Å². The Morgan fingerprint density at radius 2 is 2.00 bits per heavy atom. The molecule has 3 fully saturated rings. The molecule has 3 saturated carbocycles. The number of esters is 1. The molecule has 0 aliphatic heterocycles. The molecule has 4 aliphatic rings. The standard InChI is InChI=1S/C21H30O4/c1-13(22)25-12-21-10-7-15(23)11-14(21)3-4-16-17-5-6-19(24)20(17,2)9-8-18(16)21/h11,16-19,24H,3-10,12H2,1-2H3. The zero-order valence-electron chi connectivity index (χ0n) is 15.4. The van der Waals surface area contributed by atoms with Gasteiger partial charge in [-0.15, -0.1) is 0 Å². The van der Waals surface area contributed by atoms with Crippen LogP contribution >= 0.6 is 0 Å². The molecule has 0 heterocycles. The van der Waals surface area contributed by atoms with E-state index in [9.17, 15) is 14.7 Å². The van der Waals surface area contributed by atoms with Crippen molar-refractivity contribution in [3.05, 3.63) is 11.6 Å². The maximum atomic E-state index is 12.0. The Kier molecular flexibility index (Phi) is 4.10. The van der Waals surface area contributed by atoms with Gasteiger partial charge < -0.3 is 9.84 Å². The second kappa shape index (κ2) is 5.94. The minimum atomic E-state index is -0.232. The van der Waals surface area contributed by atoms with E-state index in [1.54, 1.807) is 0 Å². The lowest BCUT2D eigenvalue weighted by Gasteiger charge is -2.58. The number of fused-ring (bicyclic) bond motifs is 5. The Hall–Kier alpha value is -1.16. The van der Waals surface area contributed by atoms with E-state index in [-0.39, 0.29) is 28.7 Å². The van der Waals surface area contributed by atoms with E-state index in [1.165, 1.54) is 12.5 Å². The first-order valence-electron chi connectivity index (χ1n) is 9.92. The highest BCUT2D eigenvalue weighted by atomic mass is 16.5. The van der Waals surface area contributed by atoms with E-state index >= 15 is 0 Å². The van der Waals surface area contributed by atoms with E-state index in [4.69, 9.17) is 4.74 Å². The minimum absolute atomic E-state index is 0.0511. The molecule has 4 nitrogen and oxygen atoms in total. The molecule has 0 amide bonds. The lowest BCUT2D eigenvalue weighted by molar-refractivity contribution is -0.150. The fraction of sp³-hybridized carbons (Fsp3) is 0.810. The van der Waals surface area contributed by atoms with Gasteiger partial charge in [-0.3, -0.25) is 9.59 Å². The number of aliphatic hydroxyl groups excluding tert-OH is 1. The summed E-state index contributed by atoms with van der Waals surface area (Å²) in [5.74, 6) is 1.61. The molecule has 1 N–H and O–H groups in total. The van der Waals surface area contributed by atoms with Gasteiger partial charge in [0.15, 0.2) is 5.78 Å². The highest BCUT2D eigenvalue weighted by molar-refractivity contribution is 5.91. The van der Waals surface area contributed by atoms with Gasteiger partial charge in [-0.1, -0.05) is 12.5 Å². The van der Waals surface area contributed by atoms with Crippen molar-refractivity contribution in [2.75, 3.05) is 6.61 Å². The van der Waals surface area contributed by atoms with Gasteiger partial charge in [0.25, 0.3) is 0 Å². The summed E-state index contributed by atoms with van der Waals surface area (Å²) in [5, 5.41) is 10.6. The van der Waals surface area contributed by atoms with Crippen LogP contribution in [0.4, 0.5) is 0 Å². The van der Waals surface area contributed by atoms with Crippen LogP contribution < -0.4 is 0 Å². The Morgan fingerprint density at radius 3 is 2.76 bits per heavy atom. The van der Waals surface area contributed by atoms with E-state index in [0.29, 0.717) is 30.8 Å². The van der Waals surface area contributed by atoms with Crippen molar-refractivity contribution >= 4 is 11.8 Å². The highest BCUT2D eigenvalue weighted by Gasteiger charge is 2.60. The molecular weight excluding hydrogens is 316 g/mol. The summed E-state index contributed by atoms with van der Waals surface area (Å²) in [6, 6.07) is 0. The van der Waals surface area contributed by atoms with Crippen LogP contribution in [0.2, 0.25) is 0 Å². The van der Waals surface area contributed by atoms with Crippen LogP contribution in [-0.4, -0.2) is 29.6 Å². The summed E-state index contributed by atoms with van der Waals surface area (Å²) in [4.78, 5) is 23.5. The molecule has 0 radical (unpaired) electrons. The lowest BCUT2D eigenvalue weighted by atomic mass is 9.47. The molecule has 0 saturated heterocycles. The summed E-state index contributed by atoms with van der Waals surface area (Å²) >= 11 is 0. The number of carbonyl (C=O) groups is 2. The number of rotatable bonds is 2. The molecule has 25 heavy (non-hydrogen) atoms. The molecule has 4 aliphatic carbocycles. The lowest BCUT2D eigenvalue weighted by Crippen LogP contribution is -2.53. The Labute approximate surface area is 150 Å². The number of hydrogen-bond acceptors (Lipinski definition) is 4. The van der Waals surface area contributed by atoms with Gasteiger partial charge in [0.2, 0.25) is 0 Å². The second-order valence-electron chi connectivity index (χ2n) is 9.13. The SMILES string of the molecule is CC(=O)OCC12CCC(=O)C=C1CCC1C2CCC2(C)C(O)CCC12. The molecule has 138 valence electrons. The first kappa shape index (κ1) is 17.3.